The fourth-order valence-corrected chi connectivity index (χ4v) is 1.73. The molecule has 1 amide bonds. The molecule has 0 aliphatic heterocycles. The third-order valence-corrected chi connectivity index (χ3v) is 3.12. The van der Waals surface area contributed by atoms with E-state index in [1.165, 1.54) is 25.3 Å². The molecular formula is C11H11BrClNO4. The molecule has 1 rings (SSSR count). The maximum absolute atomic E-state index is 11.8. The second-order valence-electron chi connectivity index (χ2n) is 3.36. The molecule has 7 heteroatoms. The SMILES string of the molecule is COC(=O)C(Br)CNC(=O)c1cc(O)ccc1Cl. The fourth-order valence-electron chi connectivity index (χ4n) is 1.18. The Labute approximate surface area is 117 Å². The normalized spacial score (nSPS) is 11.7. The zero-order valence-electron chi connectivity index (χ0n) is 9.44. The van der Waals surface area contributed by atoms with Crippen LogP contribution in [-0.2, 0) is 9.53 Å². The molecule has 0 fully saturated rings. The zero-order valence-corrected chi connectivity index (χ0v) is 11.8. The quantitative estimate of drug-likeness (QED) is 0.648. The van der Waals surface area contributed by atoms with Crippen LogP contribution in [0.4, 0.5) is 0 Å². The van der Waals surface area contributed by atoms with Crippen molar-refractivity contribution in [2.24, 2.45) is 0 Å². The Hall–Kier alpha value is -1.27. The van der Waals surface area contributed by atoms with Crippen LogP contribution in [0.1, 0.15) is 10.4 Å². The van der Waals surface area contributed by atoms with Crippen molar-refractivity contribution in [3.8, 4) is 5.75 Å². The van der Waals surface area contributed by atoms with Gasteiger partial charge in [0.15, 0.2) is 0 Å². The van der Waals surface area contributed by atoms with Gasteiger partial charge in [-0.2, -0.15) is 0 Å². The first kappa shape index (κ1) is 14.8. The molecule has 0 radical (unpaired) electrons. The predicted octanol–water partition coefficient (Wildman–Crippen LogP) is 1.71. The van der Waals surface area contributed by atoms with E-state index >= 15 is 0 Å². The van der Waals surface area contributed by atoms with Crippen molar-refractivity contribution in [2.75, 3.05) is 13.7 Å². The number of carbonyl (C=O) groups excluding carboxylic acids is 2. The Morgan fingerprint density at radius 1 is 1.56 bits per heavy atom. The lowest BCUT2D eigenvalue weighted by atomic mass is 10.2. The van der Waals surface area contributed by atoms with E-state index in [2.05, 4.69) is 26.0 Å². The number of esters is 1. The Kier molecular flexibility index (Phi) is 5.43. The number of rotatable bonds is 4. The van der Waals surface area contributed by atoms with Crippen molar-refractivity contribution >= 4 is 39.4 Å². The second-order valence-corrected chi connectivity index (χ2v) is 4.88. The number of hydrogen-bond donors (Lipinski definition) is 2. The van der Waals surface area contributed by atoms with Crippen molar-refractivity contribution in [3.05, 3.63) is 28.8 Å². The number of benzene rings is 1. The van der Waals surface area contributed by atoms with Crippen molar-refractivity contribution in [1.82, 2.24) is 5.32 Å². The van der Waals surface area contributed by atoms with Crippen molar-refractivity contribution in [2.45, 2.75) is 4.83 Å². The molecule has 1 aromatic carbocycles. The number of aromatic hydroxyl groups is 1. The van der Waals surface area contributed by atoms with Gasteiger partial charge in [-0.1, -0.05) is 27.5 Å². The average Bonchev–Trinajstić information content (AvgIpc) is 2.37. The molecule has 2 N–H and O–H groups in total. The standard InChI is InChI=1S/C11H11BrClNO4/c1-18-11(17)8(12)5-14-10(16)7-4-6(15)2-3-9(7)13/h2-4,8,15H,5H2,1H3,(H,14,16). The molecule has 0 saturated heterocycles. The molecule has 5 nitrogen and oxygen atoms in total. The van der Waals surface area contributed by atoms with E-state index in [1.807, 2.05) is 0 Å². The number of nitrogens with one attached hydrogen (secondary N) is 1. The van der Waals surface area contributed by atoms with Gasteiger partial charge in [0.1, 0.15) is 10.6 Å². The maximum Gasteiger partial charge on any atom is 0.321 e. The zero-order chi connectivity index (χ0) is 13.7. The van der Waals surface area contributed by atoms with Gasteiger partial charge in [0.2, 0.25) is 0 Å². The van der Waals surface area contributed by atoms with Gasteiger partial charge in [0.25, 0.3) is 5.91 Å². The van der Waals surface area contributed by atoms with E-state index in [0.717, 1.165) is 0 Å². The first-order valence-electron chi connectivity index (χ1n) is 4.94. The van der Waals surface area contributed by atoms with Crippen LogP contribution in [0.25, 0.3) is 0 Å². The highest BCUT2D eigenvalue weighted by molar-refractivity contribution is 9.10. The van der Waals surface area contributed by atoms with Gasteiger partial charge in [-0.25, -0.2) is 0 Å². The number of amides is 1. The Morgan fingerprint density at radius 2 is 2.22 bits per heavy atom. The summed E-state index contributed by atoms with van der Waals surface area (Å²) in [5, 5.41) is 12.0. The minimum absolute atomic E-state index is 0.0531. The summed E-state index contributed by atoms with van der Waals surface area (Å²) in [6.45, 7) is 0.0531. The largest absolute Gasteiger partial charge is 0.508 e. The first-order valence-corrected chi connectivity index (χ1v) is 6.23. The third kappa shape index (κ3) is 3.89. The highest BCUT2D eigenvalue weighted by Gasteiger charge is 2.17. The first-order chi connectivity index (χ1) is 8.45. The van der Waals surface area contributed by atoms with Gasteiger partial charge < -0.3 is 15.2 Å². The topological polar surface area (TPSA) is 75.6 Å². The number of phenolic OH excluding ortho intramolecular Hbond substituents is 1. The second kappa shape index (κ2) is 6.61. The number of alkyl halides is 1. The van der Waals surface area contributed by atoms with E-state index in [1.54, 1.807) is 0 Å². The summed E-state index contributed by atoms with van der Waals surface area (Å²) < 4.78 is 4.49. The Balaban J connectivity index is 2.66. The summed E-state index contributed by atoms with van der Waals surface area (Å²) in [5.74, 6) is -1.03. The lowest BCUT2D eigenvalue weighted by molar-refractivity contribution is -0.139. The molecule has 1 atom stereocenters. The number of phenols is 1. The fraction of sp³-hybridized carbons (Fsp3) is 0.273. The van der Waals surface area contributed by atoms with Crippen molar-refractivity contribution in [1.29, 1.82) is 0 Å². The van der Waals surface area contributed by atoms with E-state index in [4.69, 9.17) is 11.6 Å². The highest BCUT2D eigenvalue weighted by Crippen LogP contribution is 2.20. The smallest absolute Gasteiger partial charge is 0.321 e. The molecule has 0 aliphatic carbocycles. The maximum atomic E-state index is 11.8. The van der Waals surface area contributed by atoms with Crippen LogP contribution in [0.5, 0.6) is 5.75 Å². The Morgan fingerprint density at radius 3 is 2.83 bits per heavy atom. The summed E-state index contributed by atoms with van der Waals surface area (Å²) >= 11 is 8.89. The minimum Gasteiger partial charge on any atom is -0.508 e. The van der Waals surface area contributed by atoms with E-state index in [9.17, 15) is 14.7 Å². The number of halogens is 2. The van der Waals surface area contributed by atoms with Gasteiger partial charge in [0.05, 0.1) is 17.7 Å². The molecule has 1 unspecified atom stereocenters. The van der Waals surface area contributed by atoms with Crippen molar-refractivity contribution in [3.63, 3.8) is 0 Å². The number of ether oxygens (including phenoxy) is 1. The lowest BCUT2D eigenvalue weighted by Crippen LogP contribution is -2.34. The predicted molar refractivity (Wildman–Crippen MR) is 70.2 cm³/mol. The number of hydrogen-bond acceptors (Lipinski definition) is 4. The summed E-state index contributed by atoms with van der Waals surface area (Å²) in [6, 6.07) is 4.04. The molecule has 0 aromatic heterocycles. The van der Waals surface area contributed by atoms with Gasteiger partial charge in [-0.3, -0.25) is 9.59 Å². The monoisotopic (exact) mass is 335 g/mol. The molecule has 0 aliphatic rings. The highest BCUT2D eigenvalue weighted by atomic mass is 79.9. The molecule has 18 heavy (non-hydrogen) atoms. The molecule has 0 saturated carbocycles. The van der Waals surface area contributed by atoms with Crippen molar-refractivity contribution < 1.29 is 19.4 Å². The van der Waals surface area contributed by atoms with Crippen LogP contribution in [0.2, 0.25) is 5.02 Å². The average molecular weight is 337 g/mol. The van der Waals surface area contributed by atoms with Gasteiger partial charge in [-0.05, 0) is 18.2 Å². The molecule has 0 spiro atoms. The van der Waals surface area contributed by atoms with Crippen LogP contribution in [0.15, 0.2) is 18.2 Å². The molecule has 1 aromatic rings. The van der Waals surface area contributed by atoms with Crippen LogP contribution < -0.4 is 5.32 Å². The number of carbonyl (C=O) groups is 2. The van der Waals surface area contributed by atoms with Gasteiger partial charge >= 0.3 is 5.97 Å². The third-order valence-electron chi connectivity index (χ3n) is 2.09. The van der Waals surface area contributed by atoms with Crippen LogP contribution in [0.3, 0.4) is 0 Å². The molecule has 98 valence electrons. The van der Waals surface area contributed by atoms with Gasteiger partial charge in [-0.15, -0.1) is 0 Å². The molecule has 0 heterocycles. The summed E-state index contributed by atoms with van der Waals surface area (Å²) in [4.78, 5) is 22.2. The minimum atomic E-state index is -0.637. The lowest BCUT2D eigenvalue weighted by Gasteiger charge is -2.10. The number of methoxy groups -OCH3 is 1. The van der Waals surface area contributed by atoms with Crippen LogP contribution in [-0.4, -0.2) is 35.5 Å². The summed E-state index contributed by atoms with van der Waals surface area (Å²) in [7, 11) is 1.25. The molecule has 0 bridgehead atoms. The van der Waals surface area contributed by atoms with Crippen LogP contribution >= 0.6 is 27.5 Å². The van der Waals surface area contributed by atoms with Crippen LogP contribution in [0, 0.1) is 0 Å². The van der Waals surface area contributed by atoms with E-state index < -0.39 is 16.7 Å². The van der Waals surface area contributed by atoms with E-state index in [-0.39, 0.29) is 22.9 Å². The van der Waals surface area contributed by atoms with E-state index in [0.29, 0.717) is 0 Å². The Bertz CT molecular complexity index is 466. The summed E-state index contributed by atoms with van der Waals surface area (Å²) in [6.07, 6.45) is 0. The van der Waals surface area contributed by atoms with Gasteiger partial charge in [0, 0.05) is 6.54 Å². The summed E-state index contributed by atoms with van der Waals surface area (Å²) in [5.41, 5.74) is 0.140. The molecular weight excluding hydrogens is 325 g/mol.